The molecule has 33 heavy (non-hydrogen) atoms. The number of aromatic nitrogens is 3. The molecule has 0 amide bonds. The van der Waals surface area contributed by atoms with E-state index in [4.69, 9.17) is 21.4 Å². The molecule has 2 N–H and O–H groups in total. The third-order valence-electron chi connectivity index (χ3n) is 4.67. The lowest BCUT2D eigenvalue weighted by Gasteiger charge is -2.10. The zero-order valence-electron chi connectivity index (χ0n) is 17.6. The Morgan fingerprint density at radius 2 is 1.45 bits per heavy atom. The smallest absolute Gasteiger partial charge is 0.328 e. The topological polar surface area (TPSA) is 97.2 Å². The lowest BCUT2D eigenvalue weighted by molar-refractivity contribution is -0.131. The lowest BCUT2D eigenvalue weighted by atomic mass is 10.2. The minimum absolute atomic E-state index is 0.370. The van der Waals surface area contributed by atoms with E-state index in [1.807, 2.05) is 48.5 Å². The van der Waals surface area contributed by atoms with E-state index in [9.17, 15) is 4.79 Å². The van der Waals surface area contributed by atoms with E-state index in [-0.39, 0.29) is 0 Å². The monoisotopic (exact) mass is 458 g/mol. The number of hydrogen-bond acceptors (Lipinski definition) is 6. The average Bonchev–Trinajstić information content (AvgIpc) is 2.84. The van der Waals surface area contributed by atoms with E-state index in [0.29, 0.717) is 22.6 Å². The van der Waals surface area contributed by atoms with E-state index in [1.54, 1.807) is 31.4 Å². The largest absolute Gasteiger partial charge is 0.497 e. The molecule has 0 unspecified atom stereocenters. The van der Waals surface area contributed by atoms with E-state index in [1.165, 1.54) is 6.08 Å². The predicted molar refractivity (Wildman–Crippen MR) is 129 cm³/mol. The normalized spacial score (nSPS) is 10.8. The number of carbonyl (C=O) groups is 1. The van der Waals surface area contributed by atoms with Crippen molar-refractivity contribution in [2.24, 2.45) is 0 Å². The van der Waals surface area contributed by atoms with Crippen LogP contribution in [0.5, 0.6) is 5.75 Å². The number of ether oxygens (including phenoxy) is 1. The SMILES string of the molecule is COc1ccc(-c2nc(Nc3ccc(/C=C/C(=O)O)cc3)nc(-c3ccc(Cl)cc3)n2)cc1. The molecule has 0 saturated carbocycles. The Kier molecular flexibility index (Phi) is 6.61. The first-order chi connectivity index (χ1) is 16.0. The van der Waals surface area contributed by atoms with Gasteiger partial charge < -0.3 is 15.2 Å². The number of halogens is 1. The van der Waals surface area contributed by atoms with Gasteiger partial charge in [-0.25, -0.2) is 9.78 Å². The van der Waals surface area contributed by atoms with Crippen LogP contribution in [-0.2, 0) is 4.79 Å². The average molecular weight is 459 g/mol. The molecule has 3 aromatic carbocycles. The molecule has 0 aliphatic heterocycles. The molecule has 4 aromatic rings. The summed E-state index contributed by atoms with van der Waals surface area (Å²) in [7, 11) is 1.61. The highest BCUT2D eigenvalue weighted by Gasteiger charge is 2.11. The van der Waals surface area contributed by atoms with Gasteiger partial charge in [0.05, 0.1) is 7.11 Å². The van der Waals surface area contributed by atoms with E-state index < -0.39 is 5.97 Å². The Hall–Kier alpha value is -4.23. The number of anilines is 2. The third kappa shape index (κ3) is 5.72. The first-order valence-electron chi connectivity index (χ1n) is 9.95. The van der Waals surface area contributed by atoms with Gasteiger partial charge in [-0.1, -0.05) is 23.7 Å². The Bertz CT molecular complexity index is 1290. The number of benzene rings is 3. The van der Waals surface area contributed by atoms with Crippen molar-refractivity contribution in [1.29, 1.82) is 0 Å². The first kappa shape index (κ1) is 22.0. The van der Waals surface area contributed by atoms with E-state index in [0.717, 1.165) is 34.2 Å². The van der Waals surface area contributed by atoms with Gasteiger partial charge in [-0.15, -0.1) is 0 Å². The Morgan fingerprint density at radius 3 is 2.00 bits per heavy atom. The molecule has 4 rings (SSSR count). The molecule has 1 aromatic heterocycles. The summed E-state index contributed by atoms with van der Waals surface area (Å²) in [5, 5.41) is 12.6. The quantitative estimate of drug-likeness (QED) is 0.342. The van der Waals surface area contributed by atoms with Gasteiger partial charge in [0.1, 0.15) is 5.75 Å². The Labute approximate surface area is 195 Å². The van der Waals surface area contributed by atoms with Crippen LogP contribution in [0.15, 0.2) is 78.9 Å². The summed E-state index contributed by atoms with van der Waals surface area (Å²) < 4.78 is 5.24. The van der Waals surface area contributed by atoms with Crippen molar-refractivity contribution >= 4 is 35.3 Å². The summed E-state index contributed by atoms with van der Waals surface area (Å²) >= 11 is 6.03. The van der Waals surface area contributed by atoms with Crippen LogP contribution < -0.4 is 10.1 Å². The zero-order valence-corrected chi connectivity index (χ0v) is 18.3. The van der Waals surface area contributed by atoms with Gasteiger partial charge in [0.15, 0.2) is 11.6 Å². The number of carboxylic acids is 1. The van der Waals surface area contributed by atoms with Crippen LogP contribution in [-0.4, -0.2) is 33.1 Å². The Balaban J connectivity index is 1.69. The van der Waals surface area contributed by atoms with Gasteiger partial charge in [0, 0.05) is 27.9 Å². The minimum Gasteiger partial charge on any atom is -0.497 e. The number of methoxy groups -OCH3 is 1. The number of hydrogen-bond donors (Lipinski definition) is 2. The maximum absolute atomic E-state index is 10.7. The van der Waals surface area contributed by atoms with Crippen LogP contribution in [0.4, 0.5) is 11.6 Å². The number of rotatable bonds is 7. The molecular formula is C25H19ClN4O3. The molecule has 1 heterocycles. The highest BCUT2D eigenvalue weighted by molar-refractivity contribution is 6.30. The zero-order chi connectivity index (χ0) is 23.2. The van der Waals surface area contributed by atoms with Crippen molar-refractivity contribution in [3.05, 3.63) is 89.5 Å². The molecule has 0 saturated heterocycles. The molecule has 164 valence electrons. The number of aliphatic carboxylic acids is 1. The van der Waals surface area contributed by atoms with Gasteiger partial charge in [-0.05, 0) is 72.3 Å². The standard InChI is InChI=1S/C25H19ClN4O3/c1-33-21-13-7-18(8-14-21)24-28-23(17-5-9-19(26)10-6-17)29-25(30-24)27-20-11-2-16(3-12-20)4-15-22(31)32/h2-15H,1H3,(H,31,32)(H,27,28,29,30)/b15-4+. The van der Waals surface area contributed by atoms with Crippen LogP contribution in [0.25, 0.3) is 28.9 Å². The van der Waals surface area contributed by atoms with Gasteiger partial charge in [0.2, 0.25) is 5.95 Å². The fourth-order valence-corrected chi connectivity index (χ4v) is 3.13. The van der Waals surface area contributed by atoms with Crippen LogP contribution in [0.1, 0.15) is 5.56 Å². The van der Waals surface area contributed by atoms with Crippen molar-refractivity contribution in [2.75, 3.05) is 12.4 Å². The highest BCUT2D eigenvalue weighted by Crippen LogP contribution is 2.25. The summed E-state index contributed by atoms with van der Waals surface area (Å²) in [5.74, 6) is 1.11. The van der Waals surface area contributed by atoms with Gasteiger partial charge in [-0.3, -0.25) is 0 Å². The van der Waals surface area contributed by atoms with Crippen molar-refractivity contribution in [1.82, 2.24) is 15.0 Å². The second-order valence-electron chi connectivity index (χ2n) is 6.96. The first-order valence-corrected chi connectivity index (χ1v) is 10.3. The van der Waals surface area contributed by atoms with Crippen molar-refractivity contribution < 1.29 is 14.6 Å². The third-order valence-corrected chi connectivity index (χ3v) is 4.92. The summed E-state index contributed by atoms with van der Waals surface area (Å²) in [6, 6.07) is 22.0. The van der Waals surface area contributed by atoms with E-state index in [2.05, 4.69) is 20.3 Å². The molecule has 0 radical (unpaired) electrons. The van der Waals surface area contributed by atoms with Gasteiger partial charge in [-0.2, -0.15) is 9.97 Å². The molecule has 0 fully saturated rings. The molecule has 0 spiro atoms. The number of nitrogens with zero attached hydrogens (tertiary/aromatic N) is 3. The van der Waals surface area contributed by atoms with Crippen LogP contribution in [0.3, 0.4) is 0 Å². The molecule has 0 bridgehead atoms. The minimum atomic E-state index is -0.997. The lowest BCUT2D eigenvalue weighted by Crippen LogP contribution is -2.03. The number of nitrogens with one attached hydrogen (secondary N) is 1. The maximum Gasteiger partial charge on any atom is 0.328 e. The molecular weight excluding hydrogens is 440 g/mol. The van der Waals surface area contributed by atoms with E-state index >= 15 is 0 Å². The molecule has 0 aliphatic rings. The number of carboxylic acid groups (broad SMARTS) is 1. The van der Waals surface area contributed by atoms with Gasteiger partial charge in [0.25, 0.3) is 0 Å². The maximum atomic E-state index is 10.7. The van der Waals surface area contributed by atoms with Crippen LogP contribution in [0, 0.1) is 0 Å². The fraction of sp³-hybridized carbons (Fsp3) is 0.0400. The molecule has 0 aliphatic carbocycles. The summed E-state index contributed by atoms with van der Waals surface area (Å²) in [5.41, 5.74) is 3.12. The summed E-state index contributed by atoms with van der Waals surface area (Å²) in [6.07, 6.45) is 2.61. The predicted octanol–water partition coefficient (Wildman–Crippen LogP) is 5.71. The second kappa shape index (κ2) is 9.93. The molecule has 0 atom stereocenters. The van der Waals surface area contributed by atoms with Crippen LogP contribution >= 0.6 is 11.6 Å². The van der Waals surface area contributed by atoms with Crippen molar-refractivity contribution in [3.63, 3.8) is 0 Å². The fourth-order valence-electron chi connectivity index (χ4n) is 3.00. The molecule has 7 nitrogen and oxygen atoms in total. The summed E-state index contributed by atoms with van der Waals surface area (Å²) in [4.78, 5) is 24.5. The highest BCUT2D eigenvalue weighted by atomic mass is 35.5. The molecule has 8 heteroatoms. The van der Waals surface area contributed by atoms with Crippen molar-refractivity contribution in [3.8, 4) is 28.5 Å². The van der Waals surface area contributed by atoms with Gasteiger partial charge >= 0.3 is 5.97 Å². The van der Waals surface area contributed by atoms with Crippen LogP contribution in [0.2, 0.25) is 5.02 Å². The summed E-state index contributed by atoms with van der Waals surface area (Å²) in [6.45, 7) is 0. The second-order valence-corrected chi connectivity index (χ2v) is 7.40. The Morgan fingerprint density at radius 1 is 0.879 bits per heavy atom. The van der Waals surface area contributed by atoms with Crippen molar-refractivity contribution in [2.45, 2.75) is 0 Å².